The molecule has 0 unspecified atom stereocenters. The van der Waals surface area contributed by atoms with E-state index < -0.39 is 16.0 Å². The summed E-state index contributed by atoms with van der Waals surface area (Å²) in [7, 11) is -0.227. The van der Waals surface area contributed by atoms with Crippen molar-refractivity contribution in [3.63, 3.8) is 0 Å². The minimum atomic E-state index is -3.30. The van der Waals surface area contributed by atoms with Gasteiger partial charge in [-0.25, -0.2) is 13.2 Å². The Morgan fingerprint density at radius 3 is 2.86 bits per heavy atom. The van der Waals surface area contributed by atoms with Gasteiger partial charge in [0, 0.05) is 38.3 Å². The average molecular weight is 333 g/mol. The van der Waals surface area contributed by atoms with Gasteiger partial charge in [-0.2, -0.15) is 4.31 Å². The molecule has 0 spiro atoms. The number of rotatable bonds is 9. The maximum absolute atomic E-state index is 12.0. The van der Waals surface area contributed by atoms with E-state index in [0.717, 1.165) is 16.5 Å². The number of carbonyl (C=O) groups is 1. The van der Waals surface area contributed by atoms with Crippen LogP contribution in [0.15, 0.2) is 17.5 Å². The van der Waals surface area contributed by atoms with Crippen molar-refractivity contribution in [2.75, 3.05) is 26.5 Å². The lowest BCUT2D eigenvalue weighted by molar-refractivity contribution is -0.131. The highest BCUT2D eigenvalue weighted by Crippen LogP contribution is 2.19. The van der Waals surface area contributed by atoms with Crippen LogP contribution in [0.25, 0.3) is 6.08 Å². The van der Waals surface area contributed by atoms with Crippen LogP contribution in [0.1, 0.15) is 16.9 Å². The van der Waals surface area contributed by atoms with Crippen LogP contribution in [-0.2, 0) is 26.1 Å². The van der Waals surface area contributed by atoms with Crippen LogP contribution in [0.3, 0.4) is 0 Å². The Morgan fingerprint density at radius 1 is 1.52 bits per heavy atom. The van der Waals surface area contributed by atoms with E-state index in [2.05, 4.69) is 0 Å². The third kappa shape index (κ3) is 6.38. The molecule has 8 heteroatoms. The number of nitrogens with zero attached hydrogens (tertiary/aromatic N) is 1. The van der Waals surface area contributed by atoms with E-state index in [-0.39, 0.29) is 12.3 Å². The van der Waals surface area contributed by atoms with Crippen molar-refractivity contribution in [1.29, 1.82) is 0 Å². The molecule has 1 aromatic rings. The van der Waals surface area contributed by atoms with E-state index in [1.54, 1.807) is 11.4 Å². The summed E-state index contributed by atoms with van der Waals surface area (Å²) in [4.78, 5) is 11.3. The lowest BCUT2D eigenvalue weighted by Crippen LogP contribution is -2.28. The smallest absolute Gasteiger partial charge is 0.328 e. The Hall–Kier alpha value is -1.22. The fourth-order valence-electron chi connectivity index (χ4n) is 1.59. The van der Waals surface area contributed by atoms with Crippen LogP contribution in [0, 0.1) is 0 Å². The number of ether oxygens (including phenoxy) is 1. The Balaban J connectivity index is 2.62. The van der Waals surface area contributed by atoms with Gasteiger partial charge in [-0.05, 0) is 29.5 Å². The van der Waals surface area contributed by atoms with Gasteiger partial charge < -0.3 is 9.84 Å². The van der Waals surface area contributed by atoms with Gasteiger partial charge in [-0.3, -0.25) is 0 Å². The van der Waals surface area contributed by atoms with E-state index >= 15 is 0 Å². The summed E-state index contributed by atoms with van der Waals surface area (Å²) in [5.74, 6) is -0.963. The first kappa shape index (κ1) is 17.8. The molecule has 0 saturated carbocycles. The number of carboxylic acids is 1. The second-order valence-electron chi connectivity index (χ2n) is 4.44. The first-order valence-electron chi connectivity index (χ1n) is 6.26. The zero-order valence-corrected chi connectivity index (χ0v) is 13.6. The number of methoxy groups -OCH3 is 1. The third-order valence-electron chi connectivity index (χ3n) is 2.70. The van der Waals surface area contributed by atoms with Gasteiger partial charge in [0.1, 0.15) is 0 Å². The zero-order chi connectivity index (χ0) is 15.9. The van der Waals surface area contributed by atoms with Crippen molar-refractivity contribution in [3.8, 4) is 0 Å². The first-order chi connectivity index (χ1) is 9.85. The Bertz CT molecular complexity index is 591. The van der Waals surface area contributed by atoms with Gasteiger partial charge >= 0.3 is 5.97 Å². The largest absolute Gasteiger partial charge is 0.478 e. The van der Waals surface area contributed by atoms with Gasteiger partial charge in [0.15, 0.2) is 0 Å². The van der Waals surface area contributed by atoms with E-state index in [4.69, 9.17) is 9.84 Å². The fourth-order valence-corrected chi connectivity index (χ4v) is 3.71. The molecule has 1 N–H and O–H groups in total. The molecular formula is C13H19NO5S2. The minimum absolute atomic E-state index is 0.0501. The lowest BCUT2D eigenvalue weighted by Gasteiger charge is -2.16. The molecule has 118 valence electrons. The Labute approximate surface area is 128 Å². The van der Waals surface area contributed by atoms with Crippen LogP contribution < -0.4 is 0 Å². The molecular weight excluding hydrogens is 314 g/mol. The van der Waals surface area contributed by atoms with E-state index in [1.165, 1.54) is 35.9 Å². The number of hydrogen-bond donors (Lipinski definition) is 1. The maximum atomic E-state index is 12.0. The lowest BCUT2D eigenvalue weighted by atomic mass is 10.3. The van der Waals surface area contributed by atoms with Gasteiger partial charge in [-0.15, -0.1) is 11.3 Å². The van der Waals surface area contributed by atoms with Crippen LogP contribution in [-0.4, -0.2) is 50.3 Å². The molecule has 1 aromatic heterocycles. The fraction of sp³-hybridized carbons (Fsp3) is 0.462. The molecule has 0 saturated heterocycles. The van der Waals surface area contributed by atoms with Crippen molar-refractivity contribution in [2.45, 2.75) is 13.0 Å². The quantitative estimate of drug-likeness (QED) is 0.549. The molecule has 21 heavy (non-hydrogen) atoms. The van der Waals surface area contributed by atoms with Crippen LogP contribution in [0.2, 0.25) is 0 Å². The van der Waals surface area contributed by atoms with Crippen molar-refractivity contribution in [2.24, 2.45) is 0 Å². The van der Waals surface area contributed by atoms with Crippen molar-refractivity contribution in [1.82, 2.24) is 4.31 Å². The number of hydrogen-bond acceptors (Lipinski definition) is 5. The summed E-state index contributed by atoms with van der Waals surface area (Å²) >= 11 is 1.40. The van der Waals surface area contributed by atoms with Gasteiger partial charge in [0.25, 0.3) is 0 Å². The van der Waals surface area contributed by atoms with Gasteiger partial charge in [-0.1, -0.05) is 0 Å². The highest BCUT2D eigenvalue weighted by molar-refractivity contribution is 7.89. The average Bonchev–Trinajstić information content (AvgIpc) is 2.84. The predicted molar refractivity (Wildman–Crippen MR) is 82.7 cm³/mol. The number of sulfonamides is 1. The third-order valence-corrected chi connectivity index (χ3v) is 5.52. The summed E-state index contributed by atoms with van der Waals surface area (Å²) in [5, 5.41) is 10.3. The first-order valence-corrected chi connectivity index (χ1v) is 8.75. The van der Waals surface area contributed by atoms with Crippen molar-refractivity contribution in [3.05, 3.63) is 28.0 Å². The van der Waals surface area contributed by atoms with Gasteiger partial charge in [0.05, 0.1) is 5.75 Å². The second kappa shape index (κ2) is 8.28. The van der Waals surface area contributed by atoms with Crippen molar-refractivity contribution >= 4 is 33.4 Å². The monoisotopic (exact) mass is 333 g/mol. The molecule has 0 aromatic carbocycles. The van der Waals surface area contributed by atoms with E-state index in [9.17, 15) is 13.2 Å². The van der Waals surface area contributed by atoms with Crippen LogP contribution in [0.5, 0.6) is 0 Å². The van der Waals surface area contributed by atoms with Crippen molar-refractivity contribution < 1.29 is 23.1 Å². The highest BCUT2D eigenvalue weighted by atomic mass is 32.2. The Kier molecular flexibility index (Phi) is 7.03. The highest BCUT2D eigenvalue weighted by Gasteiger charge is 2.18. The number of thiophene rings is 1. The minimum Gasteiger partial charge on any atom is -0.478 e. The normalized spacial score (nSPS) is 12.3. The number of carboxylic acid groups (broad SMARTS) is 1. The Morgan fingerprint density at radius 2 is 2.24 bits per heavy atom. The van der Waals surface area contributed by atoms with E-state index in [1.807, 2.05) is 0 Å². The second-order valence-corrected chi connectivity index (χ2v) is 7.63. The molecule has 1 heterocycles. The summed E-state index contributed by atoms with van der Waals surface area (Å²) in [6.45, 7) is 0.692. The SMILES string of the molecule is COCCCS(=O)(=O)N(C)Cc1cc(C=CC(=O)O)cs1. The molecule has 0 aliphatic carbocycles. The molecule has 0 fully saturated rings. The molecule has 0 aliphatic heterocycles. The summed E-state index contributed by atoms with van der Waals surface area (Å²) in [5.41, 5.74) is 0.752. The topological polar surface area (TPSA) is 83.9 Å². The summed E-state index contributed by atoms with van der Waals surface area (Å²) < 4.78 is 30.2. The van der Waals surface area contributed by atoms with Crippen LogP contribution >= 0.6 is 11.3 Å². The molecule has 0 amide bonds. The molecule has 1 rings (SSSR count). The van der Waals surface area contributed by atoms with Crippen LogP contribution in [0.4, 0.5) is 0 Å². The zero-order valence-electron chi connectivity index (χ0n) is 12.0. The summed E-state index contributed by atoms with van der Waals surface area (Å²) in [6.07, 6.45) is 2.99. The molecule has 0 aliphatic rings. The molecule has 0 radical (unpaired) electrons. The molecule has 0 atom stereocenters. The maximum Gasteiger partial charge on any atom is 0.328 e. The van der Waals surface area contributed by atoms with E-state index in [0.29, 0.717) is 13.0 Å². The summed E-state index contributed by atoms with van der Waals surface area (Å²) in [6, 6.07) is 1.78. The molecule has 6 nitrogen and oxygen atoms in total. The predicted octanol–water partition coefficient (Wildman–Crippen LogP) is 1.64. The molecule has 0 bridgehead atoms. The van der Waals surface area contributed by atoms with Gasteiger partial charge in [0.2, 0.25) is 10.0 Å². The number of aliphatic carboxylic acids is 1. The standard InChI is InChI=1S/C13H19NO5S2/c1-14(21(17,18)7-3-6-19-2)9-12-8-11(10-20-12)4-5-13(15)16/h4-5,8,10H,3,6-7,9H2,1-2H3,(H,15,16).